The molecule has 0 aliphatic heterocycles. The number of nitrogens with zero attached hydrogens (tertiary/aromatic N) is 3. The van der Waals surface area contributed by atoms with Crippen LogP contribution >= 0.6 is 15.9 Å². The monoisotopic (exact) mass is 349 g/mol. The summed E-state index contributed by atoms with van der Waals surface area (Å²) in [5, 5.41) is 0. The number of esters is 1. The number of aromatic nitrogens is 3. The maximum Gasteiger partial charge on any atom is 0.331 e. The van der Waals surface area contributed by atoms with E-state index in [4.69, 9.17) is 16.2 Å². The Balaban J connectivity index is 1.91. The molecular formula is C13H12BrN5O2. The third kappa shape index (κ3) is 4.84. The van der Waals surface area contributed by atoms with Crippen LogP contribution < -0.4 is 11.5 Å². The molecule has 1 aromatic carbocycles. The average molecular weight is 350 g/mol. The van der Waals surface area contributed by atoms with Gasteiger partial charge in [-0.15, -0.1) is 0 Å². The summed E-state index contributed by atoms with van der Waals surface area (Å²) < 4.78 is 5.95. The van der Waals surface area contributed by atoms with Gasteiger partial charge in [0.2, 0.25) is 11.9 Å². The zero-order valence-electron chi connectivity index (χ0n) is 10.9. The molecule has 0 amide bonds. The molecule has 0 atom stereocenters. The molecule has 0 aliphatic carbocycles. The van der Waals surface area contributed by atoms with Crippen molar-refractivity contribution in [1.82, 2.24) is 15.0 Å². The van der Waals surface area contributed by atoms with Crippen LogP contribution in [0.15, 0.2) is 34.8 Å². The Labute approximate surface area is 129 Å². The van der Waals surface area contributed by atoms with Gasteiger partial charge in [-0.3, -0.25) is 0 Å². The molecular weight excluding hydrogens is 338 g/mol. The van der Waals surface area contributed by atoms with Gasteiger partial charge in [-0.25, -0.2) is 4.79 Å². The van der Waals surface area contributed by atoms with Crippen LogP contribution in [0.1, 0.15) is 11.4 Å². The van der Waals surface area contributed by atoms with Crippen molar-refractivity contribution in [3.05, 3.63) is 46.2 Å². The minimum absolute atomic E-state index is 0.0149. The number of carbonyl (C=O) groups is 1. The average Bonchev–Trinajstić information content (AvgIpc) is 2.43. The number of hydrogen-bond acceptors (Lipinski definition) is 7. The van der Waals surface area contributed by atoms with Crippen LogP contribution in [0.5, 0.6) is 0 Å². The summed E-state index contributed by atoms with van der Waals surface area (Å²) in [6, 6.07) is 7.48. The number of nitrogen functional groups attached to an aromatic ring is 2. The Morgan fingerprint density at radius 3 is 2.38 bits per heavy atom. The fourth-order valence-corrected chi connectivity index (χ4v) is 1.71. The van der Waals surface area contributed by atoms with Crippen molar-refractivity contribution in [3.63, 3.8) is 0 Å². The van der Waals surface area contributed by atoms with Crippen molar-refractivity contribution in [2.45, 2.75) is 6.61 Å². The number of ether oxygens (including phenoxy) is 1. The Morgan fingerprint density at radius 2 is 1.76 bits per heavy atom. The lowest BCUT2D eigenvalue weighted by Gasteiger charge is -2.02. The van der Waals surface area contributed by atoms with E-state index in [1.54, 1.807) is 6.08 Å². The van der Waals surface area contributed by atoms with Gasteiger partial charge in [0, 0.05) is 10.5 Å². The van der Waals surface area contributed by atoms with Crippen molar-refractivity contribution < 1.29 is 9.53 Å². The molecule has 2 rings (SSSR count). The van der Waals surface area contributed by atoms with E-state index in [2.05, 4.69) is 30.9 Å². The minimum Gasteiger partial charge on any atom is -0.454 e. The summed E-state index contributed by atoms with van der Waals surface area (Å²) >= 11 is 3.33. The first-order valence-electron chi connectivity index (χ1n) is 5.89. The quantitative estimate of drug-likeness (QED) is 0.635. The van der Waals surface area contributed by atoms with Gasteiger partial charge in [-0.1, -0.05) is 28.1 Å². The maximum absolute atomic E-state index is 11.6. The lowest BCUT2D eigenvalue weighted by molar-refractivity contribution is -0.139. The van der Waals surface area contributed by atoms with Gasteiger partial charge < -0.3 is 16.2 Å². The number of nitrogens with two attached hydrogens (primary N) is 2. The van der Waals surface area contributed by atoms with Crippen molar-refractivity contribution in [1.29, 1.82) is 0 Å². The Bertz CT molecular complexity index is 653. The highest BCUT2D eigenvalue weighted by Gasteiger charge is 2.04. The highest BCUT2D eigenvalue weighted by atomic mass is 79.9. The molecule has 21 heavy (non-hydrogen) atoms. The van der Waals surface area contributed by atoms with Gasteiger partial charge in [0.15, 0.2) is 12.4 Å². The topological polar surface area (TPSA) is 117 Å². The molecule has 8 heteroatoms. The zero-order valence-corrected chi connectivity index (χ0v) is 12.4. The molecule has 0 spiro atoms. The number of halogens is 1. The molecule has 4 N–H and O–H groups in total. The van der Waals surface area contributed by atoms with Crippen LogP contribution in [0.25, 0.3) is 6.08 Å². The van der Waals surface area contributed by atoms with E-state index in [1.165, 1.54) is 6.08 Å². The molecule has 0 saturated carbocycles. The van der Waals surface area contributed by atoms with Crippen molar-refractivity contribution in [3.8, 4) is 0 Å². The summed E-state index contributed by atoms with van der Waals surface area (Å²) in [6.07, 6.45) is 2.96. The van der Waals surface area contributed by atoms with E-state index < -0.39 is 5.97 Å². The fraction of sp³-hybridized carbons (Fsp3) is 0.0769. The number of carbonyl (C=O) groups excluding carboxylic acids is 1. The fourth-order valence-electron chi connectivity index (χ4n) is 1.44. The molecule has 1 aromatic heterocycles. The molecule has 1 heterocycles. The van der Waals surface area contributed by atoms with E-state index in [-0.39, 0.29) is 24.3 Å². The van der Waals surface area contributed by atoms with Crippen molar-refractivity contribution >= 4 is 39.9 Å². The standard InChI is InChI=1S/C13H12BrN5O2/c14-9-4-1-8(2-5-9)3-6-11(20)21-7-10-17-12(15)19-13(16)18-10/h1-6H,7H2,(H4,15,16,17,18,19)/b6-3+. The molecule has 0 fully saturated rings. The van der Waals surface area contributed by atoms with E-state index in [0.717, 1.165) is 10.0 Å². The molecule has 2 aromatic rings. The predicted molar refractivity (Wildman–Crippen MR) is 81.6 cm³/mol. The summed E-state index contributed by atoms with van der Waals surface area (Å²) in [4.78, 5) is 22.8. The summed E-state index contributed by atoms with van der Waals surface area (Å²) in [5.74, 6) is -0.348. The van der Waals surface area contributed by atoms with E-state index >= 15 is 0 Å². The number of hydrogen-bond donors (Lipinski definition) is 2. The van der Waals surface area contributed by atoms with Gasteiger partial charge in [-0.05, 0) is 23.8 Å². The molecule has 0 unspecified atom stereocenters. The summed E-state index contributed by atoms with van der Waals surface area (Å²) in [5.41, 5.74) is 11.7. The SMILES string of the molecule is Nc1nc(N)nc(COC(=O)/C=C/c2ccc(Br)cc2)n1. The van der Waals surface area contributed by atoms with Crippen LogP contribution in [0.4, 0.5) is 11.9 Å². The van der Waals surface area contributed by atoms with Crippen LogP contribution in [0.2, 0.25) is 0 Å². The smallest absolute Gasteiger partial charge is 0.331 e. The van der Waals surface area contributed by atoms with Crippen molar-refractivity contribution in [2.75, 3.05) is 11.5 Å². The summed E-state index contributed by atoms with van der Waals surface area (Å²) in [7, 11) is 0. The van der Waals surface area contributed by atoms with Crippen molar-refractivity contribution in [2.24, 2.45) is 0 Å². The molecule has 0 saturated heterocycles. The van der Waals surface area contributed by atoms with Gasteiger partial charge in [0.1, 0.15) is 0 Å². The predicted octanol–water partition coefficient (Wildman–Crippen LogP) is 1.56. The third-order valence-electron chi connectivity index (χ3n) is 2.34. The Hall–Kier alpha value is -2.48. The highest BCUT2D eigenvalue weighted by Crippen LogP contribution is 2.11. The molecule has 7 nitrogen and oxygen atoms in total. The lowest BCUT2D eigenvalue weighted by atomic mass is 10.2. The number of benzene rings is 1. The normalized spacial score (nSPS) is 10.7. The second kappa shape index (κ2) is 6.80. The van der Waals surface area contributed by atoms with E-state index in [9.17, 15) is 4.79 Å². The lowest BCUT2D eigenvalue weighted by Crippen LogP contribution is -2.09. The zero-order chi connectivity index (χ0) is 15.2. The molecule has 108 valence electrons. The number of anilines is 2. The first kappa shape index (κ1) is 14.9. The third-order valence-corrected chi connectivity index (χ3v) is 2.87. The number of rotatable bonds is 4. The van der Waals surface area contributed by atoms with Crippen LogP contribution in [-0.4, -0.2) is 20.9 Å². The molecule has 0 radical (unpaired) electrons. The van der Waals surface area contributed by atoms with E-state index in [1.807, 2.05) is 24.3 Å². The van der Waals surface area contributed by atoms with Crippen LogP contribution in [0.3, 0.4) is 0 Å². The van der Waals surface area contributed by atoms with E-state index in [0.29, 0.717) is 0 Å². The largest absolute Gasteiger partial charge is 0.454 e. The molecule has 0 bridgehead atoms. The Kier molecular flexibility index (Phi) is 4.83. The Morgan fingerprint density at radius 1 is 1.14 bits per heavy atom. The van der Waals surface area contributed by atoms with Gasteiger partial charge in [0.05, 0.1) is 0 Å². The first-order valence-corrected chi connectivity index (χ1v) is 6.68. The van der Waals surface area contributed by atoms with Gasteiger partial charge >= 0.3 is 5.97 Å². The molecule has 0 aliphatic rings. The highest BCUT2D eigenvalue weighted by molar-refractivity contribution is 9.10. The maximum atomic E-state index is 11.6. The van der Waals surface area contributed by atoms with Gasteiger partial charge in [-0.2, -0.15) is 15.0 Å². The minimum atomic E-state index is -0.518. The summed E-state index contributed by atoms with van der Waals surface area (Å²) in [6.45, 7) is -0.125. The first-order chi connectivity index (χ1) is 10.0. The van der Waals surface area contributed by atoms with Crippen LogP contribution in [0, 0.1) is 0 Å². The second-order valence-corrected chi connectivity index (χ2v) is 4.88. The second-order valence-electron chi connectivity index (χ2n) is 3.96. The van der Waals surface area contributed by atoms with Gasteiger partial charge in [0.25, 0.3) is 0 Å². The van der Waals surface area contributed by atoms with Crippen LogP contribution in [-0.2, 0) is 16.1 Å².